The number of anilines is 1. The van der Waals surface area contributed by atoms with Crippen LogP contribution in [-0.4, -0.2) is 29.6 Å². The van der Waals surface area contributed by atoms with Gasteiger partial charge >= 0.3 is 11.9 Å². The van der Waals surface area contributed by atoms with Crippen LogP contribution in [-0.2, 0) is 27.2 Å². The molecule has 148 valence electrons. The fourth-order valence-corrected chi connectivity index (χ4v) is 5.36. The van der Waals surface area contributed by atoms with E-state index in [0.717, 1.165) is 55.4 Å². The molecule has 0 aliphatic heterocycles. The zero-order chi connectivity index (χ0) is 19.4. The first-order valence-corrected chi connectivity index (χ1v) is 10.7. The maximum absolute atomic E-state index is 12.9. The molecule has 2 atom stereocenters. The van der Waals surface area contributed by atoms with Crippen molar-refractivity contribution in [2.75, 3.05) is 11.9 Å². The molecular formula is C20H27NO5S. The lowest BCUT2D eigenvalue weighted by Crippen LogP contribution is -2.36. The Bertz CT molecular complexity index is 726. The first-order valence-electron chi connectivity index (χ1n) is 9.88. The van der Waals surface area contributed by atoms with Crippen molar-refractivity contribution in [2.45, 2.75) is 64.7 Å². The summed E-state index contributed by atoms with van der Waals surface area (Å²) in [7, 11) is 0. The minimum Gasteiger partial charge on any atom is -0.481 e. The summed E-state index contributed by atoms with van der Waals surface area (Å²) < 4.78 is 5.35. The number of nitrogens with one attached hydrogen (secondary N) is 1. The van der Waals surface area contributed by atoms with Crippen LogP contribution in [0.5, 0.6) is 0 Å². The van der Waals surface area contributed by atoms with Crippen molar-refractivity contribution in [2.24, 2.45) is 11.8 Å². The van der Waals surface area contributed by atoms with E-state index in [1.165, 1.54) is 11.3 Å². The number of thiophene rings is 1. The lowest BCUT2D eigenvalue weighted by molar-refractivity contribution is -0.147. The van der Waals surface area contributed by atoms with Gasteiger partial charge in [-0.3, -0.25) is 9.59 Å². The number of hydrogen-bond acceptors (Lipinski definition) is 5. The Morgan fingerprint density at radius 3 is 2.52 bits per heavy atom. The van der Waals surface area contributed by atoms with Crippen LogP contribution < -0.4 is 5.32 Å². The highest BCUT2D eigenvalue weighted by Gasteiger charge is 2.37. The number of aryl methyl sites for hydroxylation is 1. The Labute approximate surface area is 163 Å². The van der Waals surface area contributed by atoms with E-state index < -0.39 is 17.8 Å². The second-order valence-electron chi connectivity index (χ2n) is 7.38. The topological polar surface area (TPSA) is 92.7 Å². The minimum atomic E-state index is -0.914. The number of esters is 1. The number of carboxylic acid groups (broad SMARTS) is 1. The molecule has 1 aromatic rings. The lowest BCUT2D eigenvalue weighted by atomic mass is 9.78. The second-order valence-corrected chi connectivity index (χ2v) is 8.48. The lowest BCUT2D eigenvalue weighted by Gasteiger charge is -2.27. The Morgan fingerprint density at radius 1 is 1.11 bits per heavy atom. The maximum atomic E-state index is 12.9. The largest absolute Gasteiger partial charge is 0.481 e. The molecule has 6 nitrogen and oxygen atoms in total. The van der Waals surface area contributed by atoms with Crippen LogP contribution in [0, 0.1) is 11.8 Å². The average molecular weight is 394 g/mol. The van der Waals surface area contributed by atoms with E-state index in [1.807, 2.05) is 6.92 Å². The summed E-state index contributed by atoms with van der Waals surface area (Å²) >= 11 is 1.45. The number of rotatable bonds is 6. The van der Waals surface area contributed by atoms with Crippen molar-refractivity contribution >= 4 is 34.2 Å². The summed E-state index contributed by atoms with van der Waals surface area (Å²) in [5.74, 6) is -2.78. The summed E-state index contributed by atoms with van der Waals surface area (Å²) in [4.78, 5) is 38.2. The summed E-state index contributed by atoms with van der Waals surface area (Å²) in [5.41, 5.74) is 1.49. The Kier molecular flexibility index (Phi) is 6.52. The van der Waals surface area contributed by atoms with Gasteiger partial charge in [0.2, 0.25) is 5.91 Å². The quantitative estimate of drug-likeness (QED) is 0.712. The van der Waals surface area contributed by atoms with Crippen molar-refractivity contribution in [3.63, 3.8) is 0 Å². The van der Waals surface area contributed by atoms with Crippen molar-refractivity contribution in [3.8, 4) is 0 Å². The molecule has 0 radical (unpaired) electrons. The fourth-order valence-electron chi connectivity index (χ4n) is 4.08. The Balaban J connectivity index is 1.85. The third-order valence-corrected chi connectivity index (χ3v) is 6.68. The smallest absolute Gasteiger partial charge is 0.341 e. The van der Waals surface area contributed by atoms with Gasteiger partial charge in [0.1, 0.15) is 5.00 Å². The highest BCUT2D eigenvalue weighted by molar-refractivity contribution is 7.17. The molecule has 3 rings (SSSR count). The van der Waals surface area contributed by atoms with Gasteiger partial charge < -0.3 is 15.2 Å². The van der Waals surface area contributed by atoms with Crippen LogP contribution in [0.1, 0.15) is 72.7 Å². The number of fused-ring (bicyclic) bond motifs is 1. The van der Waals surface area contributed by atoms with Gasteiger partial charge in [-0.2, -0.15) is 0 Å². The molecule has 0 spiro atoms. The van der Waals surface area contributed by atoms with Gasteiger partial charge in [-0.1, -0.05) is 19.8 Å². The first kappa shape index (κ1) is 19.9. The highest BCUT2D eigenvalue weighted by Crippen LogP contribution is 2.40. The molecule has 2 aliphatic carbocycles. The van der Waals surface area contributed by atoms with Gasteiger partial charge in [0.15, 0.2) is 0 Å². The molecule has 1 heterocycles. The van der Waals surface area contributed by atoms with Crippen LogP contribution in [0.25, 0.3) is 0 Å². The number of aliphatic carboxylic acids is 1. The molecule has 1 fully saturated rings. The maximum Gasteiger partial charge on any atom is 0.341 e. The van der Waals surface area contributed by atoms with E-state index in [2.05, 4.69) is 5.32 Å². The standard InChI is InChI=1S/C20H27NO5S/c1-2-11-26-20(25)16-14-9-5-6-10-15(14)27-18(16)21-17(22)12-7-3-4-8-13(12)19(23)24/h12-13H,2-11H2,1H3,(H,21,22)(H,23,24)/t12-,13+/m1/s1. The number of carboxylic acids is 1. The predicted octanol–water partition coefficient (Wildman–Crippen LogP) is 4.02. The van der Waals surface area contributed by atoms with E-state index in [0.29, 0.717) is 30.0 Å². The van der Waals surface area contributed by atoms with Gasteiger partial charge in [0.25, 0.3) is 0 Å². The molecule has 0 aromatic carbocycles. The SMILES string of the molecule is CCCOC(=O)c1c(NC(=O)[C@@H]2CCCC[C@@H]2C(=O)O)sc2c1CCCC2. The van der Waals surface area contributed by atoms with Crippen LogP contribution in [0.2, 0.25) is 0 Å². The molecule has 0 saturated heterocycles. The van der Waals surface area contributed by atoms with E-state index in [4.69, 9.17) is 4.74 Å². The van der Waals surface area contributed by atoms with Gasteiger partial charge in [0.05, 0.1) is 24.0 Å². The molecule has 1 amide bonds. The van der Waals surface area contributed by atoms with Crippen molar-refractivity contribution in [3.05, 3.63) is 16.0 Å². The zero-order valence-electron chi connectivity index (χ0n) is 15.7. The van der Waals surface area contributed by atoms with Crippen molar-refractivity contribution < 1.29 is 24.2 Å². The first-order chi connectivity index (χ1) is 13.0. The average Bonchev–Trinajstić information content (AvgIpc) is 3.03. The van der Waals surface area contributed by atoms with Gasteiger partial charge in [-0.25, -0.2) is 4.79 Å². The number of ether oxygens (including phenoxy) is 1. The van der Waals surface area contributed by atoms with E-state index in [1.54, 1.807) is 0 Å². The normalized spacial score (nSPS) is 22.0. The number of carbonyl (C=O) groups excluding carboxylic acids is 2. The molecule has 2 N–H and O–H groups in total. The summed E-state index contributed by atoms with van der Waals surface area (Å²) in [6.45, 7) is 2.29. The number of amides is 1. The minimum absolute atomic E-state index is 0.287. The molecule has 7 heteroatoms. The Hall–Kier alpha value is -1.89. The monoisotopic (exact) mass is 393 g/mol. The third-order valence-electron chi connectivity index (χ3n) is 5.47. The third kappa shape index (κ3) is 4.34. The molecule has 1 saturated carbocycles. The number of hydrogen-bond donors (Lipinski definition) is 2. The molecule has 2 aliphatic rings. The molecule has 0 unspecified atom stereocenters. The summed E-state index contributed by atoms with van der Waals surface area (Å²) in [6.07, 6.45) is 7.36. The van der Waals surface area contributed by atoms with E-state index in [-0.39, 0.29) is 11.9 Å². The van der Waals surface area contributed by atoms with Crippen LogP contribution in [0.4, 0.5) is 5.00 Å². The van der Waals surface area contributed by atoms with Gasteiger partial charge in [0, 0.05) is 4.88 Å². The molecular weight excluding hydrogens is 366 g/mol. The molecule has 0 bridgehead atoms. The summed E-state index contributed by atoms with van der Waals surface area (Å²) in [6, 6.07) is 0. The van der Waals surface area contributed by atoms with Crippen LogP contribution >= 0.6 is 11.3 Å². The zero-order valence-corrected chi connectivity index (χ0v) is 16.5. The van der Waals surface area contributed by atoms with Crippen molar-refractivity contribution in [1.29, 1.82) is 0 Å². The van der Waals surface area contributed by atoms with Gasteiger partial charge in [-0.15, -0.1) is 11.3 Å². The molecule has 1 aromatic heterocycles. The second kappa shape index (κ2) is 8.87. The van der Waals surface area contributed by atoms with Crippen molar-refractivity contribution in [1.82, 2.24) is 0 Å². The van der Waals surface area contributed by atoms with Gasteiger partial charge in [-0.05, 0) is 50.5 Å². The predicted molar refractivity (Wildman–Crippen MR) is 103 cm³/mol. The fraction of sp³-hybridized carbons (Fsp3) is 0.650. The van der Waals surface area contributed by atoms with E-state index in [9.17, 15) is 19.5 Å². The van der Waals surface area contributed by atoms with E-state index >= 15 is 0 Å². The van der Waals surface area contributed by atoms with Crippen LogP contribution in [0.3, 0.4) is 0 Å². The Morgan fingerprint density at radius 2 is 1.81 bits per heavy atom. The van der Waals surface area contributed by atoms with Crippen LogP contribution in [0.15, 0.2) is 0 Å². The number of carbonyl (C=O) groups is 3. The molecule has 27 heavy (non-hydrogen) atoms. The summed E-state index contributed by atoms with van der Waals surface area (Å²) in [5, 5.41) is 12.9. The highest BCUT2D eigenvalue weighted by atomic mass is 32.1.